The van der Waals surface area contributed by atoms with Crippen molar-refractivity contribution in [2.24, 2.45) is 0 Å². The van der Waals surface area contributed by atoms with Gasteiger partial charge in [-0.2, -0.15) is 0 Å². The van der Waals surface area contributed by atoms with Crippen LogP contribution in [0.5, 0.6) is 0 Å². The first-order valence-electron chi connectivity index (χ1n) is 5.36. The van der Waals surface area contributed by atoms with Gasteiger partial charge in [-0.3, -0.25) is 4.79 Å². The van der Waals surface area contributed by atoms with Crippen molar-refractivity contribution in [3.63, 3.8) is 0 Å². The molecule has 16 heavy (non-hydrogen) atoms. The van der Waals surface area contributed by atoms with Gasteiger partial charge < -0.3 is 10.0 Å². The molecule has 0 aromatic carbocycles. The summed E-state index contributed by atoms with van der Waals surface area (Å²) in [6, 6.07) is -0.755. The van der Waals surface area contributed by atoms with E-state index >= 15 is 0 Å². The largest absolute Gasteiger partial charge is 0.395 e. The minimum atomic E-state index is -3.55. The molecule has 94 valence electrons. The van der Waals surface area contributed by atoms with E-state index in [1.165, 1.54) is 6.92 Å². The van der Waals surface area contributed by atoms with Crippen LogP contribution in [0.2, 0.25) is 0 Å². The smallest absolute Gasteiger partial charge is 0.240 e. The molecule has 0 aromatic rings. The van der Waals surface area contributed by atoms with Crippen LogP contribution in [0.15, 0.2) is 0 Å². The van der Waals surface area contributed by atoms with E-state index in [-0.39, 0.29) is 11.7 Å². The third kappa shape index (κ3) is 3.73. The Hall–Kier alpha value is -0.660. The lowest BCUT2D eigenvalue weighted by atomic mass is 10.3. The van der Waals surface area contributed by atoms with Gasteiger partial charge in [0, 0.05) is 13.1 Å². The Labute approximate surface area is 95.7 Å². The number of sulfonamides is 1. The molecule has 0 radical (unpaired) electrons. The number of amides is 1. The standard InChI is InChI=1S/C9H18N2O4S/c1-8(10-16(14,15)7-6-12)9(13)11-4-2-3-5-11/h8,10,12H,2-7H2,1H3. The molecule has 1 rings (SSSR count). The highest BCUT2D eigenvalue weighted by molar-refractivity contribution is 7.89. The molecule has 0 spiro atoms. The summed E-state index contributed by atoms with van der Waals surface area (Å²) in [5, 5.41) is 8.55. The van der Waals surface area contributed by atoms with E-state index in [2.05, 4.69) is 4.72 Å². The fraction of sp³-hybridized carbons (Fsp3) is 0.889. The fourth-order valence-electron chi connectivity index (χ4n) is 1.71. The summed E-state index contributed by atoms with van der Waals surface area (Å²) in [5.74, 6) is -0.566. The predicted molar refractivity (Wildman–Crippen MR) is 59.3 cm³/mol. The number of likely N-dealkylation sites (tertiary alicyclic amines) is 1. The second-order valence-electron chi connectivity index (χ2n) is 3.91. The molecular formula is C9H18N2O4S. The topological polar surface area (TPSA) is 86.7 Å². The minimum Gasteiger partial charge on any atom is -0.395 e. The van der Waals surface area contributed by atoms with Crippen LogP contribution >= 0.6 is 0 Å². The van der Waals surface area contributed by atoms with E-state index in [0.29, 0.717) is 13.1 Å². The number of hydrogen-bond acceptors (Lipinski definition) is 4. The number of hydrogen-bond donors (Lipinski definition) is 2. The summed E-state index contributed by atoms with van der Waals surface area (Å²) in [6.07, 6.45) is 1.95. The van der Waals surface area contributed by atoms with Gasteiger partial charge in [-0.15, -0.1) is 0 Å². The molecule has 1 aliphatic heterocycles. The maximum absolute atomic E-state index is 11.8. The van der Waals surface area contributed by atoms with Crippen LogP contribution in [0.3, 0.4) is 0 Å². The number of rotatable bonds is 5. The number of aliphatic hydroxyl groups is 1. The van der Waals surface area contributed by atoms with Crippen LogP contribution in [0.25, 0.3) is 0 Å². The Bertz CT molecular complexity index is 335. The van der Waals surface area contributed by atoms with Crippen LogP contribution < -0.4 is 4.72 Å². The van der Waals surface area contributed by atoms with Gasteiger partial charge in [0.1, 0.15) is 0 Å². The summed E-state index contributed by atoms with van der Waals surface area (Å²) in [6.45, 7) is 2.48. The predicted octanol–water partition coefficient (Wildman–Crippen LogP) is -1.09. The monoisotopic (exact) mass is 250 g/mol. The molecule has 0 aliphatic carbocycles. The first kappa shape index (κ1) is 13.4. The lowest BCUT2D eigenvalue weighted by molar-refractivity contribution is -0.131. The van der Waals surface area contributed by atoms with E-state index < -0.39 is 22.7 Å². The maximum Gasteiger partial charge on any atom is 0.240 e. The Balaban J connectivity index is 2.51. The third-order valence-corrected chi connectivity index (χ3v) is 3.94. The van der Waals surface area contributed by atoms with Crippen molar-refractivity contribution in [3.8, 4) is 0 Å². The maximum atomic E-state index is 11.8. The first-order chi connectivity index (χ1) is 7.46. The van der Waals surface area contributed by atoms with Crippen LogP contribution in [0.1, 0.15) is 19.8 Å². The average Bonchev–Trinajstić information content (AvgIpc) is 2.68. The van der Waals surface area contributed by atoms with E-state index in [9.17, 15) is 13.2 Å². The number of aliphatic hydroxyl groups excluding tert-OH is 1. The van der Waals surface area contributed by atoms with Crippen molar-refractivity contribution < 1.29 is 18.3 Å². The highest BCUT2D eigenvalue weighted by Gasteiger charge is 2.26. The van der Waals surface area contributed by atoms with Crippen LogP contribution in [0.4, 0.5) is 0 Å². The minimum absolute atomic E-state index is 0.195. The van der Waals surface area contributed by atoms with Gasteiger partial charge in [0.2, 0.25) is 15.9 Å². The highest BCUT2D eigenvalue weighted by Crippen LogP contribution is 2.09. The van der Waals surface area contributed by atoms with E-state index in [0.717, 1.165) is 12.8 Å². The molecule has 7 heteroatoms. The molecule has 1 atom stereocenters. The summed E-state index contributed by atoms with van der Waals surface area (Å²) >= 11 is 0. The van der Waals surface area contributed by atoms with Crippen molar-refractivity contribution in [2.45, 2.75) is 25.8 Å². The average molecular weight is 250 g/mol. The lowest BCUT2D eigenvalue weighted by Crippen LogP contribution is -2.46. The molecule has 2 N–H and O–H groups in total. The van der Waals surface area contributed by atoms with Crippen molar-refractivity contribution in [1.29, 1.82) is 0 Å². The van der Waals surface area contributed by atoms with Crippen molar-refractivity contribution in [1.82, 2.24) is 9.62 Å². The second-order valence-corrected chi connectivity index (χ2v) is 5.79. The number of carbonyl (C=O) groups excluding carboxylic acids is 1. The SMILES string of the molecule is CC(NS(=O)(=O)CCO)C(=O)N1CCCC1. The normalized spacial score (nSPS) is 18.8. The van der Waals surface area contributed by atoms with Crippen LogP contribution in [0, 0.1) is 0 Å². The summed E-state index contributed by atoms with van der Waals surface area (Å²) in [7, 11) is -3.55. The van der Waals surface area contributed by atoms with Crippen molar-refractivity contribution in [2.75, 3.05) is 25.4 Å². The zero-order valence-electron chi connectivity index (χ0n) is 9.35. The molecule has 1 saturated heterocycles. The van der Waals surface area contributed by atoms with Crippen LogP contribution in [-0.2, 0) is 14.8 Å². The number of nitrogens with zero attached hydrogens (tertiary/aromatic N) is 1. The molecule has 1 aliphatic rings. The second kappa shape index (κ2) is 5.60. The summed E-state index contributed by atoms with van der Waals surface area (Å²) in [4.78, 5) is 13.4. The van der Waals surface area contributed by atoms with E-state index in [1.807, 2.05) is 0 Å². The van der Waals surface area contributed by atoms with Crippen molar-refractivity contribution >= 4 is 15.9 Å². The molecule has 0 aromatic heterocycles. The van der Waals surface area contributed by atoms with E-state index in [4.69, 9.17) is 5.11 Å². The molecular weight excluding hydrogens is 232 g/mol. The molecule has 6 nitrogen and oxygen atoms in total. The van der Waals surface area contributed by atoms with E-state index in [1.54, 1.807) is 4.90 Å². The quantitative estimate of drug-likeness (QED) is 0.649. The molecule has 1 unspecified atom stereocenters. The molecule has 1 amide bonds. The van der Waals surface area contributed by atoms with Gasteiger partial charge >= 0.3 is 0 Å². The lowest BCUT2D eigenvalue weighted by Gasteiger charge is -2.20. The highest BCUT2D eigenvalue weighted by atomic mass is 32.2. The van der Waals surface area contributed by atoms with Gasteiger partial charge in [0.25, 0.3) is 0 Å². The van der Waals surface area contributed by atoms with Crippen molar-refractivity contribution in [3.05, 3.63) is 0 Å². The van der Waals surface area contributed by atoms with Gasteiger partial charge in [0.05, 0.1) is 18.4 Å². The molecule has 0 saturated carbocycles. The summed E-state index contributed by atoms with van der Waals surface area (Å²) < 4.78 is 24.9. The number of carbonyl (C=O) groups is 1. The molecule has 0 bridgehead atoms. The Morgan fingerprint density at radius 1 is 1.44 bits per heavy atom. The Kier molecular flexibility index (Phi) is 4.69. The Morgan fingerprint density at radius 3 is 2.50 bits per heavy atom. The molecule has 1 heterocycles. The van der Waals surface area contributed by atoms with Crippen LogP contribution in [-0.4, -0.2) is 55.8 Å². The van der Waals surface area contributed by atoms with Gasteiger partial charge in [0.15, 0.2) is 0 Å². The first-order valence-corrected chi connectivity index (χ1v) is 7.01. The van der Waals surface area contributed by atoms with Gasteiger partial charge in [-0.05, 0) is 19.8 Å². The zero-order chi connectivity index (χ0) is 12.2. The fourth-order valence-corrected chi connectivity index (χ4v) is 2.71. The number of nitrogens with one attached hydrogen (secondary N) is 1. The van der Waals surface area contributed by atoms with Gasteiger partial charge in [-0.25, -0.2) is 13.1 Å². The van der Waals surface area contributed by atoms with Gasteiger partial charge in [-0.1, -0.05) is 0 Å². The summed E-state index contributed by atoms with van der Waals surface area (Å²) in [5.41, 5.74) is 0. The zero-order valence-corrected chi connectivity index (χ0v) is 10.2. The Morgan fingerprint density at radius 2 is 2.00 bits per heavy atom. The third-order valence-electron chi connectivity index (χ3n) is 2.50. The molecule has 1 fully saturated rings.